The van der Waals surface area contributed by atoms with Gasteiger partial charge in [-0.15, -0.1) is 0 Å². The molecule has 0 aliphatic carbocycles. The Balaban J connectivity index is 2.32. The Bertz CT molecular complexity index is 423. The maximum absolute atomic E-state index is 11.5. The molecular weight excluding hydrogens is 228 g/mol. The predicted molar refractivity (Wildman–Crippen MR) is 63.5 cm³/mol. The first kappa shape index (κ1) is 11.0. The fourth-order valence-electron chi connectivity index (χ4n) is 1.73. The zero-order chi connectivity index (χ0) is 11.7. The maximum atomic E-state index is 11.5. The Morgan fingerprint density at radius 3 is 3.12 bits per heavy atom. The zero-order valence-corrected chi connectivity index (χ0v) is 9.66. The first-order chi connectivity index (χ1) is 7.59. The third-order valence-corrected chi connectivity index (χ3v) is 2.89. The number of nitrogens with one attached hydrogen (secondary N) is 1. The van der Waals surface area contributed by atoms with Crippen molar-refractivity contribution in [2.24, 2.45) is 0 Å². The van der Waals surface area contributed by atoms with Crippen molar-refractivity contribution in [3.63, 3.8) is 0 Å². The van der Waals surface area contributed by atoms with Gasteiger partial charge in [-0.25, -0.2) is 4.98 Å². The monoisotopic (exact) mass is 240 g/mol. The molecule has 3 N–H and O–H groups in total. The van der Waals surface area contributed by atoms with E-state index in [1.54, 1.807) is 12.3 Å². The summed E-state index contributed by atoms with van der Waals surface area (Å²) in [4.78, 5) is 17.6. The quantitative estimate of drug-likeness (QED) is 0.756. The smallest absolute Gasteiger partial charge is 0.242 e. The van der Waals surface area contributed by atoms with Gasteiger partial charge in [0.05, 0.1) is 16.9 Å². The summed E-state index contributed by atoms with van der Waals surface area (Å²) in [5.74, 6) is 0.596. The van der Waals surface area contributed by atoms with Crippen molar-refractivity contribution in [2.45, 2.75) is 13.0 Å². The van der Waals surface area contributed by atoms with Crippen LogP contribution in [0.5, 0.6) is 0 Å². The number of hydrogen-bond acceptors (Lipinski definition) is 4. The molecule has 1 aromatic rings. The third-order valence-electron chi connectivity index (χ3n) is 2.61. The number of nitrogens with two attached hydrogens (primary N) is 1. The van der Waals surface area contributed by atoms with E-state index in [1.165, 1.54) is 0 Å². The number of pyridine rings is 1. The van der Waals surface area contributed by atoms with E-state index in [0.29, 0.717) is 29.6 Å². The second-order valence-electron chi connectivity index (χ2n) is 3.73. The number of hydrogen-bond donors (Lipinski definition) is 2. The van der Waals surface area contributed by atoms with Gasteiger partial charge < -0.3 is 16.0 Å². The van der Waals surface area contributed by atoms with Crippen molar-refractivity contribution in [3.8, 4) is 0 Å². The summed E-state index contributed by atoms with van der Waals surface area (Å²) in [5, 5.41) is 3.26. The Morgan fingerprint density at radius 2 is 2.44 bits per heavy atom. The lowest BCUT2D eigenvalue weighted by atomic mass is 10.2. The van der Waals surface area contributed by atoms with Crippen LogP contribution in [0, 0.1) is 0 Å². The number of piperazine rings is 1. The minimum atomic E-state index is -0.262. The second-order valence-corrected chi connectivity index (χ2v) is 4.14. The van der Waals surface area contributed by atoms with Crippen LogP contribution in [-0.2, 0) is 4.79 Å². The molecule has 1 amide bonds. The van der Waals surface area contributed by atoms with Crippen LogP contribution in [0.3, 0.4) is 0 Å². The molecule has 6 heteroatoms. The molecule has 5 nitrogen and oxygen atoms in total. The van der Waals surface area contributed by atoms with Crippen molar-refractivity contribution in [1.29, 1.82) is 0 Å². The van der Waals surface area contributed by atoms with Gasteiger partial charge in [0.15, 0.2) is 0 Å². The van der Waals surface area contributed by atoms with Crippen LogP contribution in [0.15, 0.2) is 12.3 Å². The van der Waals surface area contributed by atoms with E-state index >= 15 is 0 Å². The molecule has 1 fully saturated rings. The number of carbonyl (C=O) groups is 1. The number of nitrogen functional groups attached to an aromatic ring is 1. The van der Waals surface area contributed by atoms with E-state index in [9.17, 15) is 4.79 Å². The number of amides is 1. The average Bonchev–Trinajstić information content (AvgIpc) is 2.23. The topological polar surface area (TPSA) is 71.2 Å². The molecular formula is C10H13ClN4O. The first-order valence-electron chi connectivity index (χ1n) is 5.05. The number of halogens is 1. The number of aromatic nitrogens is 1. The van der Waals surface area contributed by atoms with Crippen LogP contribution in [0.2, 0.25) is 5.02 Å². The van der Waals surface area contributed by atoms with Crippen molar-refractivity contribution in [1.82, 2.24) is 10.3 Å². The Hall–Kier alpha value is -1.49. The molecule has 0 saturated carbocycles. The lowest BCUT2D eigenvalue weighted by Gasteiger charge is -2.34. The highest BCUT2D eigenvalue weighted by molar-refractivity contribution is 6.33. The number of nitrogens with zero attached hydrogens (tertiary/aromatic N) is 2. The number of rotatable bonds is 1. The molecule has 0 bridgehead atoms. The summed E-state index contributed by atoms with van der Waals surface area (Å²) in [7, 11) is 0. The fourth-order valence-corrected chi connectivity index (χ4v) is 2.01. The number of anilines is 2. The van der Waals surface area contributed by atoms with E-state index < -0.39 is 0 Å². The third kappa shape index (κ3) is 1.90. The van der Waals surface area contributed by atoms with Gasteiger partial charge in [0.2, 0.25) is 5.91 Å². The molecule has 0 spiro atoms. The normalized spacial score (nSPS) is 20.8. The van der Waals surface area contributed by atoms with Gasteiger partial charge in [-0.05, 0) is 13.0 Å². The summed E-state index contributed by atoms with van der Waals surface area (Å²) < 4.78 is 0. The largest absolute Gasteiger partial charge is 0.397 e. The standard InChI is InChI=1S/C10H13ClN4O/c1-6-10(16)13-2-3-15(6)9-8(11)4-7(12)5-14-9/h4-6H,2-3,12H2,1H3,(H,13,16). The molecule has 1 saturated heterocycles. The SMILES string of the molecule is CC1C(=O)NCCN1c1ncc(N)cc1Cl. The van der Waals surface area contributed by atoms with E-state index in [1.807, 2.05) is 11.8 Å². The van der Waals surface area contributed by atoms with Gasteiger partial charge in [-0.2, -0.15) is 0 Å². The average molecular weight is 241 g/mol. The minimum Gasteiger partial charge on any atom is -0.397 e. The molecule has 2 heterocycles. The summed E-state index contributed by atoms with van der Waals surface area (Å²) in [5.41, 5.74) is 6.09. The van der Waals surface area contributed by atoms with Gasteiger partial charge in [-0.1, -0.05) is 11.6 Å². The first-order valence-corrected chi connectivity index (χ1v) is 5.43. The van der Waals surface area contributed by atoms with Crippen molar-refractivity contribution in [3.05, 3.63) is 17.3 Å². The van der Waals surface area contributed by atoms with Crippen LogP contribution < -0.4 is 16.0 Å². The van der Waals surface area contributed by atoms with Crippen LogP contribution in [-0.4, -0.2) is 30.0 Å². The summed E-state index contributed by atoms with van der Waals surface area (Å²) >= 11 is 6.06. The van der Waals surface area contributed by atoms with Gasteiger partial charge in [0.1, 0.15) is 11.9 Å². The lowest BCUT2D eigenvalue weighted by molar-refractivity contribution is -0.122. The van der Waals surface area contributed by atoms with Crippen molar-refractivity contribution < 1.29 is 4.79 Å². The maximum Gasteiger partial charge on any atom is 0.242 e. The Kier molecular flexibility index (Phi) is 2.87. The summed E-state index contributed by atoms with van der Waals surface area (Å²) in [6.07, 6.45) is 1.54. The molecule has 2 rings (SSSR count). The van der Waals surface area contributed by atoms with E-state index in [2.05, 4.69) is 10.3 Å². The van der Waals surface area contributed by atoms with Gasteiger partial charge >= 0.3 is 0 Å². The number of carbonyl (C=O) groups excluding carboxylic acids is 1. The zero-order valence-electron chi connectivity index (χ0n) is 8.90. The molecule has 1 aromatic heterocycles. The molecule has 1 atom stereocenters. The molecule has 1 aliphatic heterocycles. The summed E-state index contributed by atoms with van der Waals surface area (Å²) in [6.45, 7) is 3.12. The Labute approximate surface area is 98.6 Å². The van der Waals surface area contributed by atoms with Crippen LogP contribution >= 0.6 is 11.6 Å². The molecule has 1 unspecified atom stereocenters. The van der Waals surface area contributed by atoms with E-state index in [4.69, 9.17) is 17.3 Å². The highest BCUT2D eigenvalue weighted by Crippen LogP contribution is 2.27. The molecule has 86 valence electrons. The van der Waals surface area contributed by atoms with Crippen molar-refractivity contribution in [2.75, 3.05) is 23.7 Å². The van der Waals surface area contributed by atoms with Crippen LogP contribution in [0.4, 0.5) is 11.5 Å². The van der Waals surface area contributed by atoms with E-state index in [-0.39, 0.29) is 11.9 Å². The van der Waals surface area contributed by atoms with Gasteiger partial charge in [-0.3, -0.25) is 4.79 Å². The Morgan fingerprint density at radius 1 is 1.69 bits per heavy atom. The molecule has 1 aliphatic rings. The van der Waals surface area contributed by atoms with E-state index in [0.717, 1.165) is 0 Å². The fraction of sp³-hybridized carbons (Fsp3) is 0.400. The second kappa shape index (κ2) is 4.17. The lowest BCUT2D eigenvalue weighted by Crippen LogP contribution is -2.54. The highest BCUT2D eigenvalue weighted by atomic mass is 35.5. The van der Waals surface area contributed by atoms with Crippen LogP contribution in [0.1, 0.15) is 6.92 Å². The summed E-state index contributed by atoms with van der Waals surface area (Å²) in [6, 6.07) is 1.38. The molecule has 16 heavy (non-hydrogen) atoms. The van der Waals surface area contributed by atoms with Gasteiger partial charge in [0, 0.05) is 13.1 Å². The minimum absolute atomic E-state index is 0.0130. The van der Waals surface area contributed by atoms with Crippen molar-refractivity contribution >= 4 is 29.0 Å². The highest BCUT2D eigenvalue weighted by Gasteiger charge is 2.27. The van der Waals surface area contributed by atoms with Crippen LogP contribution in [0.25, 0.3) is 0 Å². The van der Waals surface area contributed by atoms with Gasteiger partial charge in [0.25, 0.3) is 0 Å². The predicted octanol–water partition coefficient (Wildman–Crippen LogP) is 0.642. The molecule has 0 radical (unpaired) electrons. The molecule has 0 aromatic carbocycles.